The molecule has 2 aromatic rings. The molecule has 0 saturated carbocycles. The van der Waals surface area contributed by atoms with E-state index in [1.165, 1.54) is 12.1 Å². The summed E-state index contributed by atoms with van der Waals surface area (Å²) < 4.78 is 28.8. The van der Waals surface area contributed by atoms with E-state index in [2.05, 4.69) is 4.40 Å². The van der Waals surface area contributed by atoms with Crippen LogP contribution in [0.25, 0.3) is 0 Å². The quantitative estimate of drug-likeness (QED) is 0.465. The molecule has 0 atom stereocenters. The molecule has 104 valence electrons. The molecule has 0 spiro atoms. The lowest BCUT2D eigenvalue weighted by molar-refractivity contribution is -0.687. The molecule has 20 heavy (non-hydrogen) atoms. The fraction of sp³-hybridized carbons (Fsp3) is 0.143. The van der Waals surface area contributed by atoms with Crippen LogP contribution in [-0.2, 0) is 16.6 Å². The van der Waals surface area contributed by atoms with E-state index in [0.29, 0.717) is 0 Å². The predicted octanol–water partition coefficient (Wildman–Crippen LogP) is 0.430. The minimum Gasteiger partial charge on any atom is -0.857 e. The summed E-state index contributed by atoms with van der Waals surface area (Å²) in [5, 5.41) is 11.7. The average molecular weight is 290 g/mol. The van der Waals surface area contributed by atoms with Gasteiger partial charge in [0.15, 0.2) is 18.9 Å². The molecule has 0 fully saturated rings. The van der Waals surface area contributed by atoms with E-state index in [-0.39, 0.29) is 11.4 Å². The Balaban J connectivity index is 2.22. The molecular formula is C14H14N2O3S. The fourth-order valence-corrected chi connectivity index (χ4v) is 2.53. The number of rotatable bonds is 4. The summed E-state index contributed by atoms with van der Waals surface area (Å²) in [5.41, 5.74) is 0.940. The summed E-state index contributed by atoms with van der Waals surface area (Å²) in [5.74, 6) is -0.707. The molecule has 5 nitrogen and oxygen atoms in total. The van der Waals surface area contributed by atoms with Gasteiger partial charge in [0.1, 0.15) is 0 Å². The third-order valence-corrected chi connectivity index (χ3v) is 3.95. The zero-order chi connectivity index (χ0) is 14.6. The molecular weight excluding hydrogens is 276 g/mol. The number of aryl methyl sites for hydroxylation is 1. The summed E-state index contributed by atoms with van der Waals surface area (Å²) >= 11 is 0. The van der Waals surface area contributed by atoms with Crippen LogP contribution in [0.4, 0.5) is 0 Å². The third-order valence-electron chi connectivity index (χ3n) is 2.64. The summed E-state index contributed by atoms with van der Waals surface area (Å²) in [4.78, 5) is 0.0227. The van der Waals surface area contributed by atoms with Crippen LogP contribution in [0.5, 0.6) is 0 Å². The molecule has 0 aliphatic heterocycles. The summed E-state index contributed by atoms with van der Waals surface area (Å²) in [6.45, 7) is 1.75. The van der Waals surface area contributed by atoms with Gasteiger partial charge in [-0.05, 0) is 19.1 Å². The molecule has 6 heteroatoms. The lowest BCUT2D eigenvalue weighted by Gasteiger charge is -2.07. The van der Waals surface area contributed by atoms with Crippen molar-refractivity contribution in [1.82, 2.24) is 0 Å². The van der Waals surface area contributed by atoms with Gasteiger partial charge < -0.3 is 5.11 Å². The van der Waals surface area contributed by atoms with Crippen molar-refractivity contribution in [2.45, 2.75) is 18.4 Å². The molecule has 0 N–H and O–H groups in total. The van der Waals surface area contributed by atoms with Crippen LogP contribution in [0.3, 0.4) is 0 Å². The Labute approximate surface area is 117 Å². The van der Waals surface area contributed by atoms with Crippen LogP contribution in [0.1, 0.15) is 5.56 Å². The van der Waals surface area contributed by atoms with E-state index in [1.54, 1.807) is 47.3 Å². The van der Waals surface area contributed by atoms with E-state index >= 15 is 0 Å². The molecule has 0 bridgehead atoms. The maximum absolute atomic E-state index is 11.9. The highest BCUT2D eigenvalue weighted by Gasteiger charge is 2.12. The maximum atomic E-state index is 11.9. The van der Waals surface area contributed by atoms with Crippen molar-refractivity contribution in [2.24, 2.45) is 4.40 Å². The van der Waals surface area contributed by atoms with Gasteiger partial charge >= 0.3 is 0 Å². The highest BCUT2D eigenvalue weighted by atomic mass is 32.2. The van der Waals surface area contributed by atoms with E-state index in [9.17, 15) is 13.5 Å². The molecule has 1 heterocycles. The maximum Gasteiger partial charge on any atom is 0.281 e. The Hall–Kier alpha value is -2.21. The molecule has 0 aliphatic rings. The number of hydrogen-bond acceptors (Lipinski definition) is 3. The molecule has 0 saturated heterocycles. The minimum atomic E-state index is -3.93. The first-order valence-electron chi connectivity index (χ1n) is 5.99. The van der Waals surface area contributed by atoms with E-state index < -0.39 is 15.9 Å². The van der Waals surface area contributed by atoms with Gasteiger partial charge in [0.25, 0.3) is 10.0 Å². The monoisotopic (exact) mass is 290 g/mol. The Bertz CT molecular complexity index is 708. The number of pyridine rings is 1. The van der Waals surface area contributed by atoms with Crippen LogP contribution in [0.15, 0.2) is 64.2 Å². The van der Waals surface area contributed by atoms with E-state index in [1.807, 2.05) is 6.92 Å². The first-order chi connectivity index (χ1) is 9.47. The Morgan fingerprint density at radius 3 is 2.35 bits per heavy atom. The summed E-state index contributed by atoms with van der Waals surface area (Å²) in [6, 6.07) is 11.5. The zero-order valence-corrected chi connectivity index (χ0v) is 11.7. The standard InChI is InChI=1S/C14H14N2O3S/c1-12-5-7-13(8-6-12)20(18,19)15-14(17)11-16-9-3-2-4-10-16/h2-10H,11H2,1H3. The van der Waals surface area contributed by atoms with Crippen LogP contribution in [0.2, 0.25) is 0 Å². The Morgan fingerprint density at radius 2 is 1.75 bits per heavy atom. The van der Waals surface area contributed by atoms with E-state index in [0.717, 1.165) is 5.56 Å². The smallest absolute Gasteiger partial charge is 0.281 e. The number of benzene rings is 1. The first-order valence-corrected chi connectivity index (χ1v) is 7.43. The second-order valence-corrected chi connectivity index (χ2v) is 5.93. The fourth-order valence-electron chi connectivity index (χ4n) is 1.62. The van der Waals surface area contributed by atoms with Gasteiger partial charge in [0.2, 0.25) is 0 Å². The van der Waals surface area contributed by atoms with Crippen molar-refractivity contribution in [3.8, 4) is 0 Å². The molecule has 0 radical (unpaired) electrons. The highest BCUT2D eigenvalue weighted by Crippen LogP contribution is 2.12. The second kappa shape index (κ2) is 5.83. The van der Waals surface area contributed by atoms with Gasteiger partial charge in [0.05, 0.1) is 4.90 Å². The van der Waals surface area contributed by atoms with Gasteiger partial charge in [-0.25, -0.2) is 4.57 Å². The van der Waals surface area contributed by atoms with Crippen molar-refractivity contribution in [3.05, 3.63) is 60.4 Å². The van der Waals surface area contributed by atoms with Gasteiger partial charge in [0, 0.05) is 18.0 Å². The summed E-state index contributed by atoms with van der Waals surface area (Å²) in [6.07, 6.45) is 3.35. The minimum absolute atomic E-state index is 0.0227. The predicted molar refractivity (Wildman–Crippen MR) is 72.4 cm³/mol. The Kier molecular flexibility index (Phi) is 4.14. The molecule has 0 unspecified atom stereocenters. The first kappa shape index (κ1) is 14.2. The second-order valence-electron chi connectivity index (χ2n) is 4.32. The Morgan fingerprint density at radius 1 is 1.15 bits per heavy atom. The lowest BCUT2D eigenvalue weighted by Crippen LogP contribution is -2.41. The van der Waals surface area contributed by atoms with Crippen molar-refractivity contribution in [2.75, 3.05) is 0 Å². The largest absolute Gasteiger partial charge is 0.857 e. The zero-order valence-electron chi connectivity index (χ0n) is 10.9. The molecule has 2 rings (SSSR count). The topological polar surface area (TPSA) is 73.4 Å². The average Bonchev–Trinajstić information content (AvgIpc) is 2.39. The van der Waals surface area contributed by atoms with Crippen LogP contribution in [0, 0.1) is 6.92 Å². The molecule has 0 amide bonds. The molecule has 1 aromatic heterocycles. The SMILES string of the molecule is Cc1ccc(S(=O)(=O)/N=C(\[O-])C[n+]2ccccc2)cc1. The van der Waals surface area contributed by atoms with E-state index in [4.69, 9.17) is 0 Å². The van der Waals surface area contributed by atoms with Gasteiger partial charge in [-0.2, -0.15) is 12.8 Å². The van der Waals surface area contributed by atoms with Crippen LogP contribution in [-0.4, -0.2) is 14.3 Å². The highest BCUT2D eigenvalue weighted by molar-refractivity contribution is 7.90. The number of nitrogens with zero attached hydrogens (tertiary/aromatic N) is 2. The summed E-state index contributed by atoms with van der Waals surface area (Å²) in [7, 11) is -3.93. The van der Waals surface area contributed by atoms with Crippen molar-refractivity contribution in [1.29, 1.82) is 0 Å². The lowest BCUT2D eigenvalue weighted by atomic mass is 10.2. The van der Waals surface area contributed by atoms with Gasteiger partial charge in [-0.3, -0.25) is 0 Å². The van der Waals surface area contributed by atoms with Crippen molar-refractivity contribution in [3.63, 3.8) is 0 Å². The van der Waals surface area contributed by atoms with Crippen LogP contribution >= 0.6 is 0 Å². The van der Waals surface area contributed by atoms with Gasteiger partial charge in [-0.1, -0.05) is 23.8 Å². The van der Waals surface area contributed by atoms with Gasteiger partial charge in [-0.15, -0.1) is 0 Å². The molecule has 0 aliphatic carbocycles. The number of aromatic nitrogens is 1. The normalized spacial score (nSPS) is 12.3. The van der Waals surface area contributed by atoms with Crippen LogP contribution < -0.4 is 9.67 Å². The van der Waals surface area contributed by atoms with Crippen molar-refractivity contribution >= 4 is 15.9 Å². The third kappa shape index (κ3) is 3.64. The number of hydrogen-bond donors (Lipinski definition) is 0. The molecule has 1 aromatic carbocycles. The number of sulfonamides is 1. The van der Waals surface area contributed by atoms with Crippen molar-refractivity contribution < 1.29 is 18.1 Å².